The van der Waals surface area contributed by atoms with Crippen LogP contribution in [-0.2, 0) is 19.1 Å². The maximum Gasteiger partial charge on any atom is 0.306 e. The summed E-state index contributed by atoms with van der Waals surface area (Å²) in [5.41, 5.74) is 1.12. The Morgan fingerprint density at radius 1 is 0.889 bits per heavy atom. The van der Waals surface area contributed by atoms with Gasteiger partial charge in [-0.1, -0.05) is 29.4 Å². The summed E-state index contributed by atoms with van der Waals surface area (Å²) in [6.07, 6.45) is -0.328. The van der Waals surface area contributed by atoms with E-state index in [1.807, 2.05) is 36.4 Å². The smallest absolute Gasteiger partial charge is 0.306 e. The molecule has 0 radical (unpaired) electrons. The van der Waals surface area contributed by atoms with E-state index in [0.29, 0.717) is 16.3 Å². The molecule has 3 aromatic carbocycles. The average Bonchev–Trinajstić information content (AvgIpc) is 2.85. The van der Waals surface area contributed by atoms with Gasteiger partial charge in [-0.3, -0.25) is 24.5 Å². The molecular weight excluding hydrogens is 506 g/mol. The Bertz CT molecular complexity index is 1270. The molecule has 11 heteroatoms. The lowest BCUT2D eigenvalue weighted by molar-refractivity contribution is -0.385. The van der Waals surface area contributed by atoms with E-state index in [2.05, 4.69) is 10.6 Å². The van der Waals surface area contributed by atoms with E-state index >= 15 is 0 Å². The number of carbonyl (C=O) groups excluding carboxylic acids is 3. The van der Waals surface area contributed by atoms with Crippen molar-refractivity contribution in [1.29, 1.82) is 0 Å². The van der Waals surface area contributed by atoms with Gasteiger partial charge in [0.1, 0.15) is 0 Å². The largest absolute Gasteiger partial charge is 0.456 e. The van der Waals surface area contributed by atoms with E-state index < -0.39 is 23.4 Å². The minimum absolute atomic E-state index is 0.119. The van der Waals surface area contributed by atoms with Crippen LogP contribution in [0.5, 0.6) is 0 Å². The maximum atomic E-state index is 12.1. The quantitative estimate of drug-likeness (QED) is 0.199. The molecule has 0 heterocycles. The van der Waals surface area contributed by atoms with Gasteiger partial charge in [0.05, 0.1) is 11.3 Å². The first-order valence-corrected chi connectivity index (χ1v) is 11.9. The first-order chi connectivity index (χ1) is 17.2. The first-order valence-electron chi connectivity index (χ1n) is 10.7. The molecule has 2 amide bonds. The van der Waals surface area contributed by atoms with Crippen LogP contribution in [0.4, 0.5) is 17.1 Å². The molecule has 0 unspecified atom stereocenters. The van der Waals surface area contributed by atoms with Crippen LogP contribution in [0.1, 0.15) is 18.4 Å². The molecule has 0 saturated heterocycles. The number of anilines is 2. The number of ether oxygens (including phenoxy) is 1. The molecule has 2 N–H and O–H groups in total. The Morgan fingerprint density at radius 2 is 1.47 bits per heavy atom. The normalized spacial score (nSPS) is 10.4. The summed E-state index contributed by atoms with van der Waals surface area (Å²) in [5, 5.41) is 16.8. The third kappa shape index (κ3) is 8.40. The Morgan fingerprint density at radius 3 is 2.11 bits per heavy atom. The highest BCUT2D eigenvalue weighted by molar-refractivity contribution is 7.99. The van der Waals surface area contributed by atoms with E-state index in [1.165, 1.54) is 18.2 Å². The first kappa shape index (κ1) is 26.7. The Labute approximate surface area is 216 Å². The van der Waals surface area contributed by atoms with Crippen molar-refractivity contribution in [3.8, 4) is 0 Å². The van der Waals surface area contributed by atoms with Crippen molar-refractivity contribution in [2.45, 2.75) is 29.6 Å². The van der Waals surface area contributed by atoms with Gasteiger partial charge in [-0.05, 0) is 61.5 Å². The average molecular weight is 528 g/mol. The topological polar surface area (TPSA) is 128 Å². The minimum Gasteiger partial charge on any atom is -0.456 e. The Kier molecular flexibility index (Phi) is 9.43. The van der Waals surface area contributed by atoms with Crippen LogP contribution in [0.2, 0.25) is 5.02 Å². The summed E-state index contributed by atoms with van der Waals surface area (Å²) in [4.78, 5) is 48.5. The van der Waals surface area contributed by atoms with E-state index in [0.717, 1.165) is 9.79 Å². The van der Waals surface area contributed by atoms with Crippen LogP contribution in [-0.4, -0.2) is 29.3 Å². The minimum atomic E-state index is -0.718. The van der Waals surface area contributed by atoms with Crippen LogP contribution in [0.3, 0.4) is 0 Å². The summed E-state index contributed by atoms with van der Waals surface area (Å²) in [7, 11) is 0. The van der Waals surface area contributed by atoms with Gasteiger partial charge in [0.2, 0.25) is 5.91 Å². The third-order valence-electron chi connectivity index (χ3n) is 4.80. The van der Waals surface area contributed by atoms with E-state index in [9.17, 15) is 24.5 Å². The summed E-state index contributed by atoms with van der Waals surface area (Å²) in [5.74, 6) is -1.74. The van der Waals surface area contributed by atoms with Crippen LogP contribution in [0, 0.1) is 17.0 Å². The number of nitrogens with zero attached hydrogens (tertiary/aromatic N) is 1. The zero-order valence-corrected chi connectivity index (χ0v) is 20.7. The number of hydrogen-bond acceptors (Lipinski definition) is 7. The lowest BCUT2D eigenvalue weighted by atomic mass is 10.2. The molecule has 0 bridgehead atoms. The Balaban J connectivity index is 1.38. The van der Waals surface area contributed by atoms with Gasteiger partial charge in [-0.15, -0.1) is 0 Å². The molecular formula is C25H22ClN3O6S. The Hall–Kier alpha value is -3.89. The molecule has 0 atom stereocenters. The molecule has 0 fully saturated rings. The second-order valence-corrected chi connectivity index (χ2v) is 9.18. The molecule has 0 aliphatic heterocycles. The van der Waals surface area contributed by atoms with Crippen molar-refractivity contribution >= 4 is 58.2 Å². The number of benzene rings is 3. The number of rotatable bonds is 10. The molecule has 0 spiro atoms. The molecule has 3 rings (SSSR count). The third-order valence-corrected chi connectivity index (χ3v) is 6.07. The SMILES string of the molecule is Cc1ccc(NC(=O)COC(=O)CCC(=O)Nc2ccc(Sc3ccc(Cl)cc3)cc2)cc1[N+](=O)[O-]. The lowest BCUT2D eigenvalue weighted by Gasteiger charge is -2.08. The number of nitro groups is 1. The van der Waals surface area contributed by atoms with Crippen molar-refractivity contribution in [2.75, 3.05) is 17.2 Å². The van der Waals surface area contributed by atoms with Gasteiger partial charge in [-0.25, -0.2) is 0 Å². The lowest BCUT2D eigenvalue weighted by Crippen LogP contribution is -2.21. The number of amides is 2. The van der Waals surface area contributed by atoms with Gasteiger partial charge >= 0.3 is 5.97 Å². The van der Waals surface area contributed by atoms with Crippen molar-refractivity contribution in [1.82, 2.24) is 0 Å². The van der Waals surface area contributed by atoms with E-state index in [1.54, 1.807) is 30.8 Å². The predicted molar refractivity (Wildman–Crippen MR) is 137 cm³/mol. The highest BCUT2D eigenvalue weighted by atomic mass is 35.5. The molecule has 0 aliphatic carbocycles. The number of halogens is 1. The van der Waals surface area contributed by atoms with Gasteiger partial charge in [-0.2, -0.15) is 0 Å². The van der Waals surface area contributed by atoms with Gasteiger partial charge in [0, 0.05) is 44.2 Å². The van der Waals surface area contributed by atoms with Crippen LogP contribution >= 0.6 is 23.4 Å². The summed E-state index contributed by atoms with van der Waals surface area (Å²) in [6, 6.07) is 18.9. The van der Waals surface area contributed by atoms with Crippen LogP contribution in [0.25, 0.3) is 0 Å². The summed E-state index contributed by atoms with van der Waals surface area (Å²) < 4.78 is 4.88. The molecule has 3 aromatic rings. The molecule has 0 aliphatic rings. The molecule has 186 valence electrons. The van der Waals surface area contributed by atoms with Gasteiger partial charge in [0.15, 0.2) is 6.61 Å². The molecule has 36 heavy (non-hydrogen) atoms. The van der Waals surface area contributed by atoms with Crippen LogP contribution < -0.4 is 10.6 Å². The second-order valence-electron chi connectivity index (χ2n) is 7.60. The van der Waals surface area contributed by atoms with Crippen molar-refractivity contribution in [3.63, 3.8) is 0 Å². The summed E-state index contributed by atoms with van der Waals surface area (Å²) in [6.45, 7) is 1.01. The predicted octanol–water partition coefficient (Wildman–Crippen LogP) is 5.61. The summed E-state index contributed by atoms with van der Waals surface area (Å²) >= 11 is 7.45. The number of nitrogens with one attached hydrogen (secondary N) is 2. The van der Waals surface area contributed by atoms with Gasteiger partial charge in [0.25, 0.3) is 11.6 Å². The molecule has 0 aromatic heterocycles. The van der Waals surface area contributed by atoms with Crippen molar-refractivity contribution in [3.05, 3.63) is 87.4 Å². The standard InChI is InChI=1S/C25H22ClN3O6S/c1-16-2-5-19(14-22(16)29(33)34)28-24(31)15-35-25(32)13-12-23(30)27-18-6-10-21(11-7-18)36-20-8-3-17(26)4-9-20/h2-11,14H,12-13,15H2,1H3,(H,27,30)(H,28,31). The highest BCUT2D eigenvalue weighted by Gasteiger charge is 2.14. The highest BCUT2D eigenvalue weighted by Crippen LogP contribution is 2.29. The number of aryl methyl sites for hydroxylation is 1. The molecule has 9 nitrogen and oxygen atoms in total. The number of esters is 1. The fourth-order valence-electron chi connectivity index (χ4n) is 2.98. The fraction of sp³-hybridized carbons (Fsp3) is 0.160. The second kappa shape index (κ2) is 12.7. The van der Waals surface area contributed by atoms with E-state index in [4.69, 9.17) is 16.3 Å². The number of hydrogen-bond donors (Lipinski definition) is 2. The zero-order chi connectivity index (χ0) is 26.1. The molecule has 0 saturated carbocycles. The fourth-order valence-corrected chi connectivity index (χ4v) is 3.93. The van der Waals surface area contributed by atoms with E-state index in [-0.39, 0.29) is 30.1 Å². The van der Waals surface area contributed by atoms with Crippen molar-refractivity contribution < 1.29 is 24.0 Å². The zero-order valence-electron chi connectivity index (χ0n) is 19.2. The number of carbonyl (C=O) groups is 3. The maximum absolute atomic E-state index is 12.1. The van der Waals surface area contributed by atoms with Gasteiger partial charge < -0.3 is 15.4 Å². The monoisotopic (exact) mass is 527 g/mol. The van der Waals surface area contributed by atoms with Crippen molar-refractivity contribution in [2.24, 2.45) is 0 Å². The van der Waals surface area contributed by atoms with Crippen LogP contribution in [0.15, 0.2) is 76.5 Å². The number of nitro benzene ring substituents is 1.